The molecule has 1 aliphatic heterocycles. The molecule has 0 aliphatic carbocycles. The predicted molar refractivity (Wildman–Crippen MR) is 69.3 cm³/mol. The number of hydrogen-bond acceptors (Lipinski definition) is 4. The Hall–Kier alpha value is -1.66. The number of nitrogens with zero attached hydrogens (tertiary/aromatic N) is 2. The molecule has 0 saturated carbocycles. The molecule has 0 unspecified atom stereocenters. The molecular weight excluding hydrogens is 272 g/mol. The summed E-state index contributed by atoms with van der Waals surface area (Å²) >= 11 is 5.76. The highest BCUT2D eigenvalue weighted by Gasteiger charge is 2.42. The zero-order valence-electron chi connectivity index (χ0n) is 10.3. The minimum atomic E-state index is -0.805. The van der Waals surface area contributed by atoms with E-state index >= 15 is 0 Å². The van der Waals surface area contributed by atoms with Gasteiger partial charge in [0.1, 0.15) is 5.02 Å². The van der Waals surface area contributed by atoms with Crippen LogP contribution in [0.2, 0.25) is 5.02 Å². The summed E-state index contributed by atoms with van der Waals surface area (Å²) in [6.07, 6.45) is 0.581. The van der Waals surface area contributed by atoms with E-state index in [2.05, 4.69) is 0 Å². The normalized spacial score (nSPS) is 16.9. The first-order valence-electron chi connectivity index (χ1n) is 5.82. The van der Waals surface area contributed by atoms with Crippen molar-refractivity contribution in [2.45, 2.75) is 18.9 Å². The Morgan fingerprint density at radius 2 is 2.21 bits per heavy atom. The summed E-state index contributed by atoms with van der Waals surface area (Å²) in [6, 6.07) is 3.86. The molecule has 1 amide bonds. The first kappa shape index (κ1) is 13.8. The third-order valence-electron chi connectivity index (χ3n) is 3.31. The maximum absolute atomic E-state index is 12.1. The lowest BCUT2D eigenvalue weighted by atomic mass is 9.90. The number of aliphatic hydroxyl groups is 1. The summed E-state index contributed by atoms with van der Waals surface area (Å²) in [5.41, 5.74) is -0.749. The molecule has 6 nitrogen and oxygen atoms in total. The van der Waals surface area contributed by atoms with Gasteiger partial charge < -0.3 is 10.0 Å². The van der Waals surface area contributed by atoms with Crippen LogP contribution in [0.1, 0.15) is 23.7 Å². The molecule has 0 spiro atoms. The van der Waals surface area contributed by atoms with Gasteiger partial charge >= 0.3 is 0 Å². The lowest BCUT2D eigenvalue weighted by molar-refractivity contribution is -0.384. The second kappa shape index (κ2) is 4.79. The Labute approximate surface area is 114 Å². The Kier molecular flexibility index (Phi) is 3.47. The summed E-state index contributed by atoms with van der Waals surface area (Å²) in [4.78, 5) is 23.6. The highest BCUT2D eigenvalue weighted by atomic mass is 35.5. The number of nitro groups is 1. The molecule has 2 rings (SSSR count). The van der Waals surface area contributed by atoms with Crippen LogP contribution in [0, 0.1) is 10.1 Å². The molecule has 19 heavy (non-hydrogen) atoms. The Morgan fingerprint density at radius 1 is 1.58 bits per heavy atom. The van der Waals surface area contributed by atoms with E-state index in [4.69, 9.17) is 11.6 Å². The molecular formula is C12H13ClN2O4. The van der Waals surface area contributed by atoms with Gasteiger partial charge in [-0.2, -0.15) is 0 Å². The van der Waals surface area contributed by atoms with Gasteiger partial charge in [0.05, 0.1) is 23.6 Å². The van der Waals surface area contributed by atoms with Crippen molar-refractivity contribution < 1.29 is 14.8 Å². The third-order valence-corrected chi connectivity index (χ3v) is 3.61. The summed E-state index contributed by atoms with van der Waals surface area (Å²) in [7, 11) is 0. The summed E-state index contributed by atoms with van der Waals surface area (Å²) < 4.78 is 0. The van der Waals surface area contributed by atoms with E-state index < -0.39 is 10.5 Å². The predicted octanol–water partition coefficient (Wildman–Crippen LogP) is 1.85. The average molecular weight is 285 g/mol. The van der Waals surface area contributed by atoms with Crippen LogP contribution < -0.4 is 0 Å². The first-order valence-corrected chi connectivity index (χ1v) is 6.20. The topological polar surface area (TPSA) is 83.7 Å². The number of amides is 1. The zero-order valence-corrected chi connectivity index (χ0v) is 11.1. The average Bonchev–Trinajstić information content (AvgIpc) is 2.33. The molecule has 1 heterocycles. The van der Waals surface area contributed by atoms with Crippen LogP contribution >= 0.6 is 11.6 Å². The zero-order chi connectivity index (χ0) is 14.2. The molecule has 1 aromatic rings. The van der Waals surface area contributed by atoms with E-state index in [0.29, 0.717) is 6.42 Å². The molecule has 0 bridgehead atoms. The number of carbonyl (C=O) groups is 1. The van der Waals surface area contributed by atoms with Gasteiger partial charge in [0.2, 0.25) is 0 Å². The van der Waals surface area contributed by atoms with Crippen LogP contribution in [0.15, 0.2) is 18.2 Å². The SMILES string of the molecule is CCC1(O)CN(C(=O)c2ccc([N+](=O)[O-])c(Cl)c2)C1. The van der Waals surface area contributed by atoms with Gasteiger partial charge in [-0.05, 0) is 18.6 Å². The fourth-order valence-electron chi connectivity index (χ4n) is 2.00. The van der Waals surface area contributed by atoms with Crippen LogP contribution in [0.4, 0.5) is 5.69 Å². The van der Waals surface area contributed by atoms with E-state index in [0.717, 1.165) is 0 Å². The number of likely N-dealkylation sites (tertiary alicyclic amines) is 1. The molecule has 1 fully saturated rings. The van der Waals surface area contributed by atoms with Crippen molar-refractivity contribution >= 4 is 23.2 Å². The van der Waals surface area contributed by atoms with Crippen molar-refractivity contribution in [2.24, 2.45) is 0 Å². The number of nitro benzene ring substituents is 1. The van der Waals surface area contributed by atoms with Crippen molar-refractivity contribution in [2.75, 3.05) is 13.1 Å². The molecule has 0 aromatic heterocycles. The van der Waals surface area contributed by atoms with E-state index in [1.165, 1.54) is 23.1 Å². The fourth-order valence-corrected chi connectivity index (χ4v) is 2.25. The van der Waals surface area contributed by atoms with Gasteiger partial charge in [0, 0.05) is 11.6 Å². The fraction of sp³-hybridized carbons (Fsp3) is 0.417. The number of β-amino-alcohol motifs (C(OH)–C–C–N with tert-alkyl or cyclic N) is 1. The van der Waals surface area contributed by atoms with Gasteiger partial charge in [-0.3, -0.25) is 14.9 Å². The summed E-state index contributed by atoms with van der Waals surface area (Å²) in [5, 5.41) is 20.4. The minimum absolute atomic E-state index is 0.0675. The monoisotopic (exact) mass is 284 g/mol. The second-order valence-corrected chi connectivity index (χ2v) is 5.07. The second-order valence-electron chi connectivity index (χ2n) is 4.66. The van der Waals surface area contributed by atoms with Crippen molar-refractivity contribution in [3.8, 4) is 0 Å². The molecule has 0 radical (unpaired) electrons. The Bertz CT molecular complexity index is 541. The molecule has 1 aliphatic rings. The van der Waals surface area contributed by atoms with Gasteiger partial charge in [-0.15, -0.1) is 0 Å². The first-order chi connectivity index (χ1) is 8.86. The Balaban J connectivity index is 2.14. The van der Waals surface area contributed by atoms with Crippen molar-refractivity contribution in [1.82, 2.24) is 4.90 Å². The van der Waals surface area contributed by atoms with E-state index in [1.807, 2.05) is 6.92 Å². The lowest BCUT2D eigenvalue weighted by Gasteiger charge is -2.46. The maximum Gasteiger partial charge on any atom is 0.287 e. The standard InChI is InChI=1S/C12H13ClN2O4/c1-2-12(17)6-14(7-12)11(16)8-3-4-10(15(18)19)9(13)5-8/h3-5,17H,2,6-7H2,1H3. The Morgan fingerprint density at radius 3 is 2.68 bits per heavy atom. The van der Waals surface area contributed by atoms with E-state index in [9.17, 15) is 20.0 Å². The van der Waals surface area contributed by atoms with Crippen LogP contribution in [0.25, 0.3) is 0 Å². The van der Waals surface area contributed by atoms with Crippen LogP contribution in [0.3, 0.4) is 0 Å². The quantitative estimate of drug-likeness (QED) is 0.678. The van der Waals surface area contributed by atoms with E-state index in [1.54, 1.807) is 0 Å². The number of carbonyl (C=O) groups excluding carboxylic acids is 1. The van der Waals surface area contributed by atoms with Crippen molar-refractivity contribution in [3.63, 3.8) is 0 Å². The van der Waals surface area contributed by atoms with Crippen molar-refractivity contribution in [3.05, 3.63) is 38.9 Å². The summed E-state index contributed by atoms with van der Waals surface area (Å²) in [6.45, 7) is 2.40. The highest BCUT2D eigenvalue weighted by Crippen LogP contribution is 2.29. The van der Waals surface area contributed by atoms with Crippen LogP contribution in [0.5, 0.6) is 0 Å². The van der Waals surface area contributed by atoms with Crippen molar-refractivity contribution in [1.29, 1.82) is 0 Å². The number of benzene rings is 1. The molecule has 0 atom stereocenters. The lowest BCUT2D eigenvalue weighted by Crippen LogP contribution is -2.63. The third kappa shape index (κ3) is 2.54. The molecule has 7 heteroatoms. The van der Waals surface area contributed by atoms with Crippen LogP contribution in [-0.2, 0) is 0 Å². The largest absolute Gasteiger partial charge is 0.386 e. The van der Waals surface area contributed by atoms with E-state index in [-0.39, 0.29) is 35.3 Å². The number of hydrogen-bond donors (Lipinski definition) is 1. The number of rotatable bonds is 3. The maximum atomic E-state index is 12.1. The molecule has 1 aromatic carbocycles. The smallest absolute Gasteiger partial charge is 0.287 e. The highest BCUT2D eigenvalue weighted by molar-refractivity contribution is 6.33. The molecule has 102 valence electrons. The van der Waals surface area contributed by atoms with Gasteiger partial charge in [0.15, 0.2) is 0 Å². The van der Waals surface area contributed by atoms with Crippen LogP contribution in [-0.4, -0.2) is 39.5 Å². The van der Waals surface area contributed by atoms with Gasteiger partial charge in [-0.1, -0.05) is 18.5 Å². The summed E-state index contributed by atoms with van der Waals surface area (Å²) in [5.74, 6) is -0.282. The minimum Gasteiger partial charge on any atom is -0.386 e. The molecule has 1 N–H and O–H groups in total. The molecule has 1 saturated heterocycles. The van der Waals surface area contributed by atoms with Gasteiger partial charge in [0.25, 0.3) is 11.6 Å². The van der Waals surface area contributed by atoms with Gasteiger partial charge in [-0.25, -0.2) is 0 Å². The number of halogens is 1.